The molecule has 4 N–H and O–H groups in total. The molecule has 0 aromatic heterocycles. The molecular weight excluding hydrogens is 272 g/mol. The topological polar surface area (TPSA) is 95.0 Å². The molecule has 0 aliphatic heterocycles. The van der Waals surface area contributed by atoms with Gasteiger partial charge in [-0.25, -0.2) is 4.79 Å². The highest BCUT2D eigenvalue weighted by atomic mass is 16.6. The van der Waals surface area contributed by atoms with Crippen molar-refractivity contribution < 1.29 is 14.6 Å². The molecule has 0 saturated heterocycles. The van der Waals surface area contributed by atoms with Crippen LogP contribution < -0.4 is 16.0 Å². The predicted molar refractivity (Wildman–Crippen MR) is 84.5 cm³/mol. The lowest BCUT2D eigenvalue weighted by molar-refractivity contribution is 0.0529. The van der Waals surface area contributed by atoms with Gasteiger partial charge in [-0.05, 0) is 33.6 Å². The number of aliphatic imine (C=N–C) groups is 1. The summed E-state index contributed by atoms with van der Waals surface area (Å²) in [5.41, 5.74) is -0.492. The Morgan fingerprint density at radius 2 is 1.86 bits per heavy atom. The van der Waals surface area contributed by atoms with Gasteiger partial charge in [0.25, 0.3) is 0 Å². The molecule has 0 rings (SSSR count). The van der Waals surface area contributed by atoms with Crippen LogP contribution in [0, 0.1) is 5.92 Å². The van der Waals surface area contributed by atoms with Gasteiger partial charge in [0.2, 0.25) is 0 Å². The highest BCUT2D eigenvalue weighted by Crippen LogP contribution is 2.05. The highest BCUT2D eigenvalue weighted by molar-refractivity contribution is 5.79. The fourth-order valence-electron chi connectivity index (χ4n) is 1.31. The highest BCUT2D eigenvalue weighted by Gasteiger charge is 2.15. The monoisotopic (exact) mass is 302 g/mol. The number of guanidine groups is 1. The Bertz CT molecular complexity index is 327. The van der Waals surface area contributed by atoms with Gasteiger partial charge in [-0.15, -0.1) is 0 Å². The standard InChI is InChI=1S/C14H30N4O3/c1-6-15-12(18-9-11(2)10-19)16-7-8-17-13(20)21-14(3,4)5/h11,19H,6-10H2,1-5H3,(H,17,20)(H2,15,16,18). The van der Waals surface area contributed by atoms with Crippen molar-refractivity contribution in [1.29, 1.82) is 0 Å². The van der Waals surface area contributed by atoms with E-state index in [-0.39, 0.29) is 12.5 Å². The van der Waals surface area contributed by atoms with Gasteiger partial charge in [-0.3, -0.25) is 4.99 Å². The number of rotatable bonds is 7. The summed E-state index contributed by atoms with van der Waals surface area (Å²) in [5.74, 6) is 0.795. The summed E-state index contributed by atoms with van der Waals surface area (Å²) in [7, 11) is 0. The Balaban J connectivity index is 4.01. The van der Waals surface area contributed by atoms with E-state index in [4.69, 9.17) is 9.84 Å². The van der Waals surface area contributed by atoms with Gasteiger partial charge in [0.1, 0.15) is 5.60 Å². The number of aliphatic hydroxyl groups is 1. The van der Waals surface area contributed by atoms with Crippen molar-refractivity contribution in [1.82, 2.24) is 16.0 Å². The summed E-state index contributed by atoms with van der Waals surface area (Å²) in [5, 5.41) is 17.8. The largest absolute Gasteiger partial charge is 0.444 e. The van der Waals surface area contributed by atoms with Crippen molar-refractivity contribution in [2.45, 2.75) is 40.2 Å². The van der Waals surface area contributed by atoms with E-state index in [2.05, 4.69) is 20.9 Å². The maximum atomic E-state index is 11.4. The van der Waals surface area contributed by atoms with E-state index < -0.39 is 11.7 Å². The lowest BCUT2D eigenvalue weighted by atomic mass is 10.2. The van der Waals surface area contributed by atoms with Crippen LogP contribution in [-0.4, -0.2) is 55.5 Å². The van der Waals surface area contributed by atoms with Crippen molar-refractivity contribution in [3.05, 3.63) is 0 Å². The molecule has 0 radical (unpaired) electrons. The number of amides is 1. The molecule has 0 bridgehead atoms. The smallest absolute Gasteiger partial charge is 0.407 e. The molecule has 1 unspecified atom stereocenters. The van der Waals surface area contributed by atoms with Crippen LogP contribution in [0.4, 0.5) is 4.79 Å². The molecular formula is C14H30N4O3. The summed E-state index contributed by atoms with van der Waals surface area (Å²) in [6, 6.07) is 0. The van der Waals surface area contributed by atoms with Gasteiger partial charge >= 0.3 is 6.09 Å². The molecule has 0 spiro atoms. The molecule has 124 valence electrons. The zero-order chi connectivity index (χ0) is 16.3. The first-order chi connectivity index (χ1) is 9.78. The first kappa shape index (κ1) is 19.5. The Morgan fingerprint density at radius 3 is 2.38 bits per heavy atom. The number of aliphatic hydroxyl groups excluding tert-OH is 1. The minimum atomic E-state index is -0.492. The number of nitrogens with one attached hydrogen (secondary N) is 3. The molecule has 7 nitrogen and oxygen atoms in total. The second kappa shape index (κ2) is 10.3. The average molecular weight is 302 g/mol. The van der Waals surface area contributed by atoms with Crippen molar-refractivity contribution >= 4 is 12.1 Å². The molecule has 0 aliphatic rings. The van der Waals surface area contributed by atoms with Crippen LogP contribution in [0.1, 0.15) is 34.6 Å². The van der Waals surface area contributed by atoms with Gasteiger partial charge in [-0.1, -0.05) is 6.92 Å². The van der Waals surface area contributed by atoms with Gasteiger partial charge < -0.3 is 25.8 Å². The molecule has 21 heavy (non-hydrogen) atoms. The summed E-state index contributed by atoms with van der Waals surface area (Å²) >= 11 is 0. The van der Waals surface area contributed by atoms with Gasteiger partial charge in [0.15, 0.2) is 5.96 Å². The van der Waals surface area contributed by atoms with Gasteiger partial charge in [-0.2, -0.15) is 0 Å². The second-order valence-electron chi connectivity index (χ2n) is 5.86. The van der Waals surface area contributed by atoms with Crippen molar-refractivity contribution in [2.75, 3.05) is 32.8 Å². The normalized spacial score (nSPS) is 13.5. The van der Waals surface area contributed by atoms with E-state index in [1.165, 1.54) is 0 Å². The fourth-order valence-corrected chi connectivity index (χ4v) is 1.31. The minimum Gasteiger partial charge on any atom is -0.444 e. The third kappa shape index (κ3) is 12.0. The lowest BCUT2D eigenvalue weighted by Crippen LogP contribution is -2.42. The van der Waals surface area contributed by atoms with Crippen molar-refractivity contribution in [3.63, 3.8) is 0 Å². The Kier molecular flexibility index (Phi) is 9.53. The number of carbonyl (C=O) groups is 1. The van der Waals surface area contributed by atoms with E-state index in [0.29, 0.717) is 25.6 Å². The van der Waals surface area contributed by atoms with Crippen LogP contribution in [0.25, 0.3) is 0 Å². The van der Waals surface area contributed by atoms with E-state index >= 15 is 0 Å². The Labute approximate surface area is 127 Å². The van der Waals surface area contributed by atoms with E-state index in [1.54, 1.807) is 0 Å². The molecule has 0 fully saturated rings. The van der Waals surface area contributed by atoms with Gasteiger partial charge in [0.05, 0.1) is 0 Å². The zero-order valence-electron chi connectivity index (χ0n) is 13.8. The molecule has 1 atom stereocenters. The molecule has 0 aromatic carbocycles. The Morgan fingerprint density at radius 1 is 1.24 bits per heavy atom. The van der Waals surface area contributed by atoms with Crippen LogP contribution in [0.2, 0.25) is 0 Å². The SMILES string of the molecule is CCNC(=NCC(C)CO)NCCNC(=O)OC(C)(C)C. The van der Waals surface area contributed by atoms with Crippen molar-refractivity contribution in [2.24, 2.45) is 10.9 Å². The molecule has 1 amide bonds. The predicted octanol–water partition coefficient (Wildman–Crippen LogP) is 0.695. The summed E-state index contributed by atoms with van der Waals surface area (Å²) in [4.78, 5) is 15.8. The van der Waals surface area contributed by atoms with Gasteiger partial charge in [0, 0.05) is 32.8 Å². The Hall–Kier alpha value is -1.50. The number of hydrogen-bond donors (Lipinski definition) is 4. The van der Waals surface area contributed by atoms with E-state index in [0.717, 1.165) is 6.54 Å². The molecule has 7 heteroatoms. The minimum absolute atomic E-state index is 0.114. The number of nitrogens with zero attached hydrogens (tertiary/aromatic N) is 1. The van der Waals surface area contributed by atoms with Crippen LogP contribution in [0.3, 0.4) is 0 Å². The number of carbonyl (C=O) groups excluding carboxylic acids is 1. The molecule has 0 aliphatic carbocycles. The third-order valence-corrected chi connectivity index (χ3v) is 2.30. The molecule has 0 saturated carbocycles. The molecule has 0 heterocycles. The first-order valence-corrected chi connectivity index (χ1v) is 7.38. The summed E-state index contributed by atoms with van der Waals surface area (Å²) in [6.07, 6.45) is -0.430. The fraction of sp³-hybridized carbons (Fsp3) is 0.857. The number of ether oxygens (including phenoxy) is 1. The quantitative estimate of drug-likeness (QED) is 0.315. The van der Waals surface area contributed by atoms with E-state index in [1.807, 2.05) is 34.6 Å². The second-order valence-corrected chi connectivity index (χ2v) is 5.86. The maximum absolute atomic E-state index is 11.4. The summed E-state index contributed by atoms with van der Waals surface area (Å²) < 4.78 is 5.13. The third-order valence-electron chi connectivity index (χ3n) is 2.30. The molecule has 0 aromatic rings. The van der Waals surface area contributed by atoms with Crippen LogP contribution in [-0.2, 0) is 4.74 Å². The van der Waals surface area contributed by atoms with Crippen LogP contribution in [0.5, 0.6) is 0 Å². The summed E-state index contributed by atoms with van der Waals surface area (Å²) in [6.45, 7) is 11.8. The van der Waals surface area contributed by atoms with Crippen molar-refractivity contribution in [3.8, 4) is 0 Å². The number of hydrogen-bond acceptors (Lipinski definition) is 4. The zero-order valence-corrected chi connectivity index (χ0v) is 13.8. The number of alkyl carbamates (subject to hydrolysis) is 1. The maximum Gasteiger partial charge on any atom is 0.407 e. The first-order valence-electron chi connectivity index (χ1n) is 7.38. The average Bonchev–Trinajstić information content (AvgIpc) is 2.38. The lowest BCUT2D eigenvalue weighted by Gasteiger charge is -2.20. The van der Waals surface area contributed by atoms with E-state index in [9.17, 15) is 4.79 Å². The van der Waals surface area contributed by atoms with Crippen LogP contribution in [0.15, 0.2) is 4.99 Å². The van der Waals surface area contributed by atoms with Crippen LogP contribution >= 0.6 is 0 Å².